The van der Waals surface area contributed by atoms with E-state index in [1.54, 1.807) is 18.2 Å². The molecule has 136 valence electrons. The summed E-state index contributed by atoms with van der Waals surface area (Å²) in [6, 6.07) is 8.07. The van der Waals surface area contributed by atoms with E-state index in [4.69, 9.17) is 0 Å². The number of rotatable bonds is 4. The van der Waals surface area contributed by atoms with Crippen molar-refractivity contribution >= 4 is 40.9 Å². The van der Waals surface area contributed by atoms with E-state index in [1.165, 1.54) is 4.90 Å². The van der Waals surface area contributed by atoms with Crippen LogP contribution in [0, 0.1) is 0 Å². The number of aliphatic carboxylic acids is 1. The van der Waals surface area contributed by atoms with Crippen LogP contribution in [0.3, 0.4) is 0 Å². The van der Waals surface area contributed by atoms with Crippen LogP contribution < -0.4 is 5.11 Å². The van der Waals surface area contributed by atoms with E-state index in [0.29, 0.717) is 19.3 Å². The maximum absolute atomic E-state index is 12.5. The standard InChI is InChI=1S/C18H18N2O5S/c21-15(19-9-5-4-8-13(19)17(23)24)11-20-16(22)14(26-18(20)25)10-12-6-2-1-3-7-12/h1-3,6-7,10,13H,4-5,8-9,11H2,(H,23,24)/p-1/b14-10-/t13-/m0/s1. The molecule has 2 aliphatic rings. The topological polar surface area (TPSA) is 97.8 Å². The molecule has 0 radical (unpaired) electrons. The Balaban J connectivity index is 1.72. The Bertz CT molecular complexity index is 777. The van der Waals surface area contributed by atoms with Crippen molar-refractivity contribution in [1.29, 1.82) is 0 Å². The molecule has 3 amide bonds. The van der Waals surface area contributed by atoms with Crippen LogP contribution >= 0.6 is 11.8 Å². The summed E-state index contributed by atoms with van der Waals surface area (Å²) in [5.41, 5.74) is 0.775. The predicted octanol–water partition coefficient (Wildman–Crippen LogP) is 0.854. The highest BCUT2D eigenvalue weighted by atomic mass is 32.2. The maximum Gasteiger partial charge on any atom is 0.294 e. The third-order valence-electron chi connectivity index (χ3n) is 4.36. The van der Waals surface area contributed by atoms with E-state index >= 15 is 0 Å². The first-order valence-corrected chi connectivity index (χ1v) is 9.10. The molecule has 2 fully saturated rings. The number of carbonyl (C=O) groups excluding carboxylic acids is 4. The Labute approximate surface area is 154 Å². The summed E-state index contributed by atoms with van der Waals surface area (Å²) in [5, 5.41) is 10.7. The van der Waals surface area contributed by atoms with Gasteiger partial charge in [-0.1, -0.05) is 30.3 Å². The molecule has 2 saturated heterocycles. The van der Waals surface area contributed by atoms with Gasteiger partial charge in [0.1, 0.15) is 6.54 Å². The van der Waals surface area contributed by atoms with E-state index in [1.807, 2.05) is 18.2 Å². The van der Waals surface area contributed by atoms with Gasteiger partial charge in [-0.3, -0.25) is 19.3 Å². The third-order valence-corrected chi connectivity index (χ3v) is 5.27. The monoisotopic (exact) mass is 373 g/mol. The first kappa shape index (κ1) is 18.2. The van der Waals surface area contributed by atoms with Gasteiger partial charge < -0.3 is 14.8 Å². The Morgan fingerprint density at radius 3 is 2.62 bits per heavy atom. The van der Waals surface area contributed by atoms with Gasteiger partial charge in [-0.2, -0.15) is 0 Å². The van der Waals surface area contributed by atoms with Gasteiger partial charge in [0, 0.05) is 6.54 Å². The second kappa shape index (κ2) is 7.74. The molecule has 0 N–H and O–H groups in total. The van der Waals surface area contributed by atoms with Crippen LogP contribution in [0.5, 0.6) is 0 Å². The molecule has 1 aromatic carbocycles. The van der Waals surface area contributed by atoms with Crippen LogP contribution in [0.4, 0.5) is 4.79 Å². The van der Waals surface area contributed by atoms with Crippen molar-refractivity contribution in [3.05, 3.63) is 40.8 Å². The fourth-order valence-corrected chi connectivity index (χ4v) is 3.88. The van der Waals surface area contributed by atoms with Crippen LogP contribution in [0.1, 0.15) is 24.8 Å². The summed E-state index contributed by atoms with van der Waals surface area (Å²) >= 11 is 0.772. The molecule has 2 aliphatic heterocycles. The Hall–Kier alpha value is -2.61. The molecule has 1 atom stereocenters. The van der Waals surface area contributed by atoms with Gasteiger partial charge in [0.15, 0.2) is 0 Å². The zero-order chi connectivity index (χ0) is 18.7. The van der Waals surface area contributed by atoms with Crippen molar-refractivity contribution in [2.24, 2.45) is 0 Å². The minimum Gasteiger partial charge on any atom is -0.548 e. The maximum atomic E-state index is 12.5. The molecule has 0 spiro atoms. The lowest BCUT2D eigenvalue weighted by atomic mass is 10.0. The number of amides is 3. The summed E-state index contributed by atoms with van der Waals surface area (Å²) in [6.07, 6.45) is 3.30. The van der Waals surface area contributed by atoms with Crippen LogP contribution in [0.25, 0.3) is 6.08 Å². The summed E-state index contributed by atoms with van der Waals surface area (Å²) in [5.74, 6) is -2.41. The Morgan fingerprint density at radius 1 is 1.19 bits per heavy atom. The molecule has 3 rings (SSSR count). The molecule has 7 nitrogen and oxygen atoms in total. The number of hydrogen-bond acceptors (Lipinski definition) is 6. The van der Waals surface area contributed by atoms with Crippen LogP contribution in [-0.4, -0.2) is 52.0 Å². The normalized spacial score (nSPS) is 22.2. The number of benzene rings is 1. The highest BCUT2D eigenvalue weighted by molar-refractivity contribution is 8.18. The van der Waals surface area contributed by atoms with Crippen molar-refractivity contribution in [3.63, 3.8) is 0 Å². The number of nitrogens with zero attached hydrogens (tertiary/aromatic N) is 2. The van der Waals surface area contributed by atoms with Crippen molar-refractivity contribution in [1.82, 2.24) is 9.80 Å². The van der Waals surface area contributed by atoms with Gasteiger partial charge >= 0.3 is 0 Å². The number of carboxylic acids is 1. The summed E-state index contributed by atoms with van der Waals surface area (Å²) < 4.78 is 0. The first-order chi connectivity index (χ1) is 12.5. The number of imide groups is 1. The van der Waals surface area contributed by atoms with Crippen molar-refractivity contribution in [3.8, 4) is 0 Å². The van der Waals surface area contributed by atoms with Gasteiger partial charge in [-0.25, -0.2) is 0 Å². The SMILES string of the molecule is O=C([O-])[C@@H]1CCCCN1C(=O)CN1C(=O)S/C(=C\c2ccccc2)C1=O. The lowest BCUT2D eigenvalue weighted by Crippen LogP contribution is -2.55. The van der Waals surface area contributed by atoms with Crippen molar-refractivity contribution in [2.75, 3.05) is 13.1 Å². The van der Waals surface area contributed by atoms with Crippen molar-refractivity contribution in [2.45, 2.75) is 25.3 Å². The van der Waals surface area contributed by atoms with Gasteiger partial charge in [-0.05, 0) is 42.7 Å². The number of piperidine rings is 1. The summed E-state index contributed by atoms with van der Waals surface area (Å²) in [7, 11) is 0. The second-order valence-corrected chi connectivity index (χ2v) is 7.09. The lowest BCUT2D eigenvalue weighted by molar-refractivity contribution is -0.312. The average Bonchev–Trinajstić information content (AvgIpc) is 2.90. The van der Waals surface area contributed by atoms with E-state index in [-0.39, 0.29) is 11.4 Å². The van der Waals surface area contributed by atoms with Gasteiger partial charge in [0.2, 0.25) is 5.91 Å². The molecule has 26 heavy (non-hydrogen) atoms. The smallest absolute Gasteiger partial charge is 0.294 e. The highest BCUT2D eigenvalue weighted by Crippen LogP contribution is 2.32. The van der Waals surface area contributed by atoms with Gasteiger partial charge in [0.05, 0.1) is 16.9 Å². The van der Waals surface area contributed by atoms with E-state index in [0.717, 1.165) is 22.2 Å². The van der Waals surface area contributed by atoms with E-state index < -0.39 is 35.6 Å². The van der Waals surface area contributed by atoms with E-state index in [9.17, 15) is 24.3 Å². The molecule has 8 heteroatoms. The summed E-state index contributed by atoms with van der Waals surface area (Å²) in [6.45, 7) is -0.172. The number of hydrogen-bond donors (Lipinski definition) is 0. The Kier molecular flexibility index (Phi) is 5.41. The molecule has 0 bridgehead atoms. The predicted molar refractivity (Wildman–Crippen MR) is 93.5 cm³/mol. The average molecular weight is 373 g/mol. The number of thioether (sulfide) groups is 1. The van der Waals surface area contributed by atoms with Crippen LogP contribution in [0.2, 0.25) is 0 Å². The number of carboxylic acid groups (broad SMARTS) is 1. The lowest BCUT2D eigenvalue weighted by Gasteiger charge is -2.36. The molecule has 2 heterocycles. The molecular weight excluding hydrogens is 356 g/mol. The van der Waals surface area contributed by atoms with Crippen LogP contribution in [-0.2, 0) is 14.4 Å². The first-order valence-electron chi connectivity index (χ1n) is 8.28. The molecule has 0 aromatic heterocycles. The highest BCUT2D eigenvalue weighted by Gasteiger charge is 2.38. The Morgan fingerprint density at radius 2 is 1.92 bits per heavy atom. The van der Waals surface area contributed by atoms with Gasteiger partial charge in [-0.15, -0.1) is 0 Å². The molecular formula is C18H17N2O5S-. The minimum absolute atomic E-state index is 0.240. The molecule has 0 saturated carbocycles. The third kappa shape index (κ3) is 3.80. The quantitative estimate of drug-likeness (QED) is 0.726. The fraction of sp³-hybridized carbons (Fsp3) is 0.333. The van der Waals surface area contributed by atoms with E-state index in [2.05, 4.69) is 0 Å². The largest absolute Gasteiger partial charge is 0.548 e. The summed E-state index contributed by atoms with van der Waals surface area (Å²) in [4.78, 5) is 50.6. The molecule has 1 aromatic rings. The van der Waals surface area contributed by atoms with Crippen LogP contribution in [0.15, 0.2) is 35.2 Å². The molecule has 0 unspecified atom stereocenters. The second-order valence-electron chi connectivity index (χ2n) is 6.10. The zero-order valence-electron chi connectivity index (χ0n) is 13.9. The fourth-order valence-electron chi connectivity index (χ4n) is 3.04. The van der Waals surface area contributed by atoms with Crippen molar-refractivity contribution < 1.29 is 24.3 Å². The number of carbonyl (C=O) groups is 4. The minimum atomic E-state index is -1.31. The number of likely N-dealkylation sites (tertiary alicyclic amines) is 1. The molecule has 0 aliphatic carbocycles. The van der Waals surface area contributed by atoms with Gasteiger partial charge in [0.25, 0.3) is 11.1 Å². The zero-order valence-corrected chi connectivity index (χ0v) is 14.7.